The summed E-state index contributed by atoms with van der Waals surface area (Å²) >= 11 is 3.35. The molecule has 3 nitrogen and oxygen atoms in total. The molecule has 0 fully saturated rings. The highest BCUT2D eigenvalue weighted by Gasteiger charge is 2.13. The summed E-state index contributed by atoms with van der Waals surface area (Å²) in [5, 5.41) is 0. The molecular formula is C10H13BrN2O. The highest BCUT2D eigenvalue weighted by atomic mass is 79.9. The molecule has 0 saturated heterocycles. The van der Waals surface area contributed by atoms with Crippen LogP contribution in [0.4, 0.5) is 0 Å². The fourth-order valence-corrected chi connectivity index (χ4v) is 1.40. The van der Waals surface area contributed by atoms with Gasteiger partial charge in [0.05, 0.1) is 5.92 Å². The maximum atomic E-state index is 11.4. The summed E-state index contributed by atoms with van der Waals surface area (Å²) in [6, 6.07) is 7.73. The van der Waals surface area contributed by atoms with Crippen molar-refractivity contribution in [1.29, 1.82) is 0 Å². The minimum Gasteiger partial charge on any atom is -0.291 e. The first kappa shape index (κ1) is 11.2. The van der Waals surface area contributed by atoms with Gasteiger partial charge < -0.3 is 0 Å². The van der Waals surface area contributed by atoms with E-state index in [2.05, 4.69) is 26.8 Å². The number of carbonyl (C=O) groups is 1. The van der Waals surface area contributed by atoms with Gasteiger partial charge in [0.15, 0.2) is 0 Å². The first-order valence-electron chi connectivity index (χ1n) is 4.37. The standard InChI is InChI=1S/C10H13BrN2O/c1-7(10(14)13-12-2)8-3-5-9(11)6-4-8/h3-7,12H,1-2H3,(H,13,14). The van der Waals surface area contributed by atoms with Crippen molar-refractivity contribution < 1.29 is 4.79 Å². The monoisotopic (exact) mass is 256 g/mol. The quantitative estimate of drug-likeness (QED) is 0.811. The number of rotatable bonds is 3. The highest BCUT2D eigenvalue weighted by Crippen LogP contribution is 2.18. The molecule has 1 aromatic carbocycles. The van der Waals surface area contributed by atoms with Crippen LogP contribution in [0.25, 0.3) is 0 Å². The Bertz CT molecular complexity index is 310. The van der Waals surface area contributed by atoms with E-state index >= 15 is 0 Å². The van der Waals surface area contributed by atoms with E-state index in [1.54, 1.807) is 7.05 Å². The maximum Gasteiger partial charge on any atom is 0.241 e. The van der Waals surface area contributed by atoms with E-state index in [0.717, 1.165) is 10.0 Å². The zero-order valence-electron chi connectivity index (χ0n) is 8.17. The molecule has 1 amide bonds. The summed E-state index contributed by atoms with van der Waals surface area (Å²) in [6.07, 6.45) is 0. The van der Waals surface area contributed by atoms with Crippen molar-refractivity contribution in [2.45, 2.75) is 12.8 Å². The molecule has 0 saturated carbocycles. The lowest BCUT2D eigenvalue weighted by molar-refractivity contribution is -0.123. The van der Waals surface area contributed by atoms with Crippen LogP contribution in [0.2, 0.25) is 0 Å². The summed E-state index contributed by atoms with van der Waals surface area (Å²) in [5.41, 5.74) is 6.18. The van der Waals surface area contributed by atoms with Crippen LogP contribution in [-0.4, -0.2) is 13.0 Å². The van der Waals surface area contributed by atoms with E-state index in [0.29, 0.717) is 0 Å². The molecule has 0 bridgehead atoms. The average molecular weight is 257 g/mol. The van der Waals surface area contributed by atoms with Gasteiger partial charge in [-0.15, -0.1) is 0 Å². The van der Waals surface area contributed by atoms with E-state index in [1.165, 1.54) is 0 Å². The number of carbonyl (C=O) groups excluding carboxylic acids is 1. The normalized spacial score (nSPS) is 12.2. The lowest BCUT2D eigenvalue weighted by Crippen LogP contribution is -2.37. The van der Waals surface area contributed by atoms with Crippen LogP contribution in [0.1, 0.15) is 18.4 Å². The van der Waals surface area contributed by atoms with Crippen molar-refractivity contribution in [3.63, 3.8) is 0 Å². The second-order valence-electron chi connectivity index (χ2n) is 3.01. The largest absolute Gasteiger partial charge is 0.291 e. The predicted octanol–water partition coefficient (Wildman–Crippen LogP) is 1.80. The van der Waals surface area contributed by atoms with Crippen molar-refractivity contribution in [2.24, 2.45) is 0 Å². The number of nitrogens with one attached hydrogen (secondary N) is 2. The van der Waals surface area contributed by atoms with Crippen LogP contribution in [0, 0.1) is 0 Å². The van der Waals surface area contributed by atoms with Gasteiger partial charge in [-0.1, -0.05) is 28.1 Å². The lowest BCUT2D eigenvalue weighted by Gasteiger charge is -2.11. The fraction of sp³-hybridized carbons (Fsp3) is 0.300. The molecule has 0 aliphatic carbocycles. The number of hydrazine groups is 1. The molecule has 1 atom stereocenters. The van der Waals surface area contributed by atoms with Gasteiger partial charge >= 0.3 is 0 Å². The summed E-state index contributed by atoms with van der Waals surface area (Å²) in [6.45, 7) is 1.87. The van der Waals surface area contributed by atoms with Gasteiger partial charge in [0.1, 0.15) is 0 Å². The fourth-order valence-electron chi connectivity index (χ4n) is 1.13. The number of amides is 1. The van der Waals surface area contributed by atoms with Crippen molar-refractivity contribution >= 4 is 21.8 Å². The van der Waals surface area contributed by atoms with Crippen LogP contribution in [-0.2, 0) is 4.79 Å². The third-order valence-corrected chi connectivity index (χ3v) is 2.54. The van der Waals surface area contributed by atoms with Crippen molar-refractivity contribution in [3.05, 3.63) is 34.3 Å². The molecule has 0 heterocycles. The second kappa shape index (κ2) is 5.12. The molecule has 2 N–H and O–H groups in total. The van der Waals surface area contributed by atoms with E-state index in [1.807, 2.05) is 31.2 Å². The minimum atomic E-state index is -0.143. The molecule has 0 aliphatic rings. The van der Waals surface area contributed by atoms with Crippen LogP contribution < -0.4 is 10.9 Å². The number of benzene rings is 1. The van der Waals surface area contributed by atoms with Crippen LogP contribution in [0.15, 0.2) is 28.7 Å². The predicted molar refractivity (Wildman–Crippen MR) is 59.8 cm³/mol. The van der Waals surface area contributed by atoms with E-state index in [-0.39, 0.29) is 11.8 Å². The Morgan fingerprint density at radius 1 is 1.36 bits per heavy atom. The molecule has 1 aromatic rings. The van der Waals surface area contributed by atoms with Gasteiger partial charge in [-0.3, -0.25) is 10.2 Å². The van der Waals surface area contributed by atoms with E-state index in [9.17, 15) is 4.79 Å². The Kier molecular flexibility index (Phi) is 4.10. The van der Waals surface area contributed by atoms with Crippen LogP contribution in [0.3, 0.4) is 0 Å². The molecule has 14 heavy (non-hydrogen) atoms. The molecule has 1 unspecified atom stereocenters. The number of hydrogen-bond acceptors (Lipinski definition) is 2. The lowest BCUT2D eigenvalue weighted by atomic mass is 10.0. The van der Waals surface area contributed by atoms with E-state index < -0.39 is 0 Å². The third-order valence-electron chi connectivity index (χ3n) is 2.01. The van der Waals surface area contributed by atoms with Crippen molar-refractivity contribution in [2.75, 3.05) is 7.05 Å². The Labute approximate surface area is 92.0 Å². The van der Waals surface area contributed by atoms with Crippen molar-refractivity contribution in [3.8, 4) is 0 Å². The maximum absolute atomic E-state index is 11.4. The molecule has 76 valence electrons. The zero-order valence-corrected chi connectivity index (χ0v) is 9.76. The molecule has 0 spiro atoms. The first-order chi connectivity index (χ1) is 6.65. The summed E-state index contributed by atoms with van der Waals surface area (Å²) < 4.78 is 1.02. The minimum absolute atomic E-state index is 0.0326. The van der Waals surface area contributed by atoms with Gasteiger partial charge in [-0.05, 0) is 24.6 Å². The molecule has 4 heteroatoms. The topological polar surface area (TPSA) is 41.1 Å². The van der Waals surface area contributed by atoms with Crippen LogP contribution in [0.5, 0.6) is 0 Å². The van der Waals surface area contributed by atoms with Gasteiger partial charge in [0.2, 0.25) is 5.91 Å². The van der Waals surface area contributed by atoms with Gasteiger partial charge in [-0.2, -0.15) is 0 Å². The molecular weight excluding hydrogens is 244 g/mol. The van der Waals surface area contributed by atoms with Gasteiger partial charge in [0.25, 0.3) is 0 Å². The molecule has 1 rings (SSSR count). The molecule has 0 aromatic heterocycles. The second-order valence-corrected chi connectivity index (χ2v) is 3.93. The molecule has 0 radical (unpaired) electrons. The first-order valence-corrected chi connectivity index (χ1v) is 5.16. The van der Waals surface area contributed by atoms with Crippen molar-refractivity contribution in [1.82, 2.24) is 10.9 Å². The Balaban J connectivity index is 2.73. The Morgan fingerprint density at radius 2 is 1.93 bits per heavy atom. The Morgan fingerprint density at radius 3 is 2.43 bits per heavy atom. The Hall–Kier alpha value is -0.870. The zero-order chi connectivity index (χ0) is 10.6. The van der Waals surface area contributed by atoms with Gasteiger partial charge in [-0.25, -0.2) is 5.43 Å². The smallest absolute Gasteiger partial charge is 0.241 e. The van der Waals surface area contributed by atoms with Crippen LogP contribution >= 0.6 is 15.9 Å². The third kappa shape index (κ3) is 2.82. The van der Waals surface area contributed by atoms with E-state index in [4.69, 9.17) is 0 Å². The SMILES string of the molecule is CNNC(=O)C(C)c1ccc(Br)cc1. The number of hydrogen-bond donors (Lipinski definition) is 2. The van der Waals surface area contributed by atoms with Gasteiger partial charge in [0, 0.05) is 11.5 Å². The summed E-state index contributed by atoms with van der Waals surface area (Å²) in [5.74, 6) is -0.176. The highest BCUT2D eigenvalue weighted by molar-refractivity contribution is 9.10. The summed E-state index contributed by atoms with van der Waals surface area (Å²) in [7, 11) is 1.67. The number of halogens is 1. The average Bonchev–Trinajstić information content (AvgIpc) is 2.18. The summed E-state index contributed by atoms with van der Waals surface area (Å²) in [4.78, 5) is 11.4. The molecule has 0 aliphatic heterocycles.